The minimum absolute atomic E-state index is 0.0358. The third-order valence-corrected chi connectivity index (χ3v) is 29.6. The molecule has 0 saturated heterocycles. The molecule has 0 spiro atoms. The van der Waals surface area contributed by atoms with Crippen LogP contribution >= 0.6 is 0 Å². The van der Waals surface area contributed by atoms with Crippen LogP contribution in [0.25, 0.3) is 0 Å². The van der Waals surface area contributed by atoms with Gasteiger partial charge in [0.05, 0.1) is 0 Å². The summed E-state index contributed by atoms with van der Waals surface area (Å²) < 4.78 is 13.2. The Hall–Kier alpha value is -0.000779. The molecule has 3 heteroatoms. The third kappa shape index (κ3) is 11.1. The number of allylic oxidation sites excluding steroid dienone is 1. The normalized spacial score (nSPS) is 14.4. The molecule has 0 atom stereocenters. The first kappa shape index (κ1) is 33.0. The second kappa shape index (κ2) is 11.4. The molecule has 0 aliphatic rings. The molecule has 0 rings (SSSR count). The van der Waals surface area contributed by atoms with Gasteiger partial charge < -0.3 is 0 Å². The summed E-state index contributed by atoms with van der Waals surface area (Å²) in [7, 11) is 0. The predicted octanol–water partition coefficient (Wildman–Crippen LogP) is 8.60. The molecular formula is C30H56GaGeN. The van der Waals surface area contributed by atoms with E-state index in [0.29, 0.717) is 7.94 Å². The molecule has 0 aliphatic heterocycles. The molecular weight excluding hydrogens is 517 g/mol. The van der Waals surface area contributed by atoms with Crippen molar-refractivity contribution in [2.24, 2.45) is 16.2 Å². The van der Waals surface area contributed by atoms with Crippen LogP contribution < -0.4 is 0 Å². The van der Waals surface area contributed by atoms with Crippen LogP contribution in [0.5, 0.6) is 0 Å². The standard InChI is InChI=1S/C22H38GeN.2C4H9.Ga/c1-12-24(13-2)23(17-14-20(3,4)5,18-15-21(6,7)8)19-16-22(9,10)11;2*1-4(2)3;/h14H,12-13H2,1-11H3;2*1-3H3;. The van der Waals surface area contributed by atoms with Crippen LogP contribution in [-0.4, -0.2) is 46.7 Å². The van der Waals surface area contributed by atoms with E-state index >= 15 is 0 Å². The molecule has 0 fully saturated rings. The van der Waals surface area contributed by atoms with E-state index in [0.717, 1.165) is 13.1 Å². The van der Waals surface area contributed by atoms with Crippen molar-refractivity contribution < 1.29 is 0 Å². The minimum atomic E-state index is -3.33. The zero-order chi connectivity index (χ0) is 26.7. The van der Waals surface area contributed by atoms with Crippen LogP contribution in [0.4, 0.5) is 0 Å². The van der Waals surface area contributed by atoms with Crippen molar-refractivity contribution >= 4 is 29.7 Å². The fraction of sp³-hybridized carbons (Fsp3) is 0.800. The summed E-state index contributed by atoms with van der Waals surface area (Å²) in [5.74, 6) is 7.50. The van der Waals surface area contributed by atoms with Gasteiger partial charge in [-0.05, 0) is 0 Å². The Morgan fingerprint density at radius 1 is 0.667 bits per heavy atom. The van der Waals surface area contributed by atoms with Crippen molar-refractivity contribution in [1.82, 2.24) is 3.86 Å². The van der Waals surface area contributed by atoms with E-state index in [9.17, 15) is 0 Å². The van der Waals surface area contributed by atoms with Gasteiger partial charge in [0.25, 0.3) is 0 Å². The maximum atomic E-state index is 4.06. The summed E-state index contributed by atoms with van der Waals surface area (Å²) in [5.41, 5.74) is 0.0313. The summed E-state index contributed by atoms with van der Waals surface area (Å²) >= 11 is -5.50. The zero-order valence-corrected chi connectivity index (χ0v) is 30.0. The maximum absolute atomic E-state index is 4.06. The van der Waals surface area contributed by atoms with Crippen molar-refractivity contribution in [2.45, 2.75) is 126 Å². The second-order valence-electron chi connectivity index (χ2n) is 15.0. The summed E-state index contributed by atoms with van der Waals surface area (Å²) in [6, 6.07) is 0. The molecule has 0 bridgehead atoms. The Balaban J connectivity index is 8.04. The summed E-state index contributed by atoms with van der Waals surface area (Å²) in [4.78, 5) is 0. The molecule has 0 aromatic carbocycles. The first-order valence-corrected chi connectivity index (χ1v) is 20.7. The van der Waals surface area contributed by atoms with Crippen molar-refractivity contribution in [3.8, 4) is 21.3 Å². The van der Waals surface area contributed by atoms with E-state index in [-0.39, 0.29) is 16.2 Å². The van der Waals surface area contributed by atoms with Crippen molar-refractivity contribution in [1.29, 1.82) is 0 Å². The molecule has 0 heterocycles. The van der Waals surface area contributed by atoms with Crippen molar-refractivity contribution in [3.63, 3.8) is 0 Å². The topological polar surface area (TPSA) is 3.24 Å². The summed E-state index contributed by atoms with van der Waals surface area (Å²) in [5, 5.41) is 0. The molecule has 1 nitrogen and oxygen atoms in total. The number of nitrogens with zero attached hydrogens (tertiary/aromatic N) is 1. The second-order valence-corrected chi connectivity index (χ2v) is 34.5. The predicted molar refractivity (Wildman–Crippen MR) is 156 cm³/mol. The molecule has 0 saturated carbocycles. The van der Waals surface area contributed by atoms with Gasteiger partial charge in [0.15, 0.2) is 0 Å². The fourth-order valence-electron chi connectivity index (χ4n) is 4.87. The van der Waals surface area contributed by atoms with Crippen LogP contribution in [0, 0.1) is 37.6 Å². The molecule has 0 radical (unpaired) electrons. The Kier molecular flexibility index (Phi) is 11.4. The van der Waals surface area contributed by atoms with E-state index in [2.05, 4.69) is 149 Å². The molecule has 33 heavy (non-hydrogen) atoms. The van der Waals surface area contributed by atoms with Crippen LogP contribution in [0.1, 0.15) is 118 Å². The van der Waals surface area contributed by atoms with E-state index in [1.54, 1.807) is 2.96 Å². The number of hydrogen-bond donors (Lipinski definition) is 0. The zero-order valence-electron chi connectivity index (χ0n) is 25.5. The van der Waals surface area contributed by atoms with Crippen LogP contribution in [0.2, 0.25) is 7.94 Å². The monoisotopic (exact) mass is 573 g/mol. The Bertz CT molecular complexity index is 743. The van der Waals surface area contributed by atoms with Gasteiger partial charge in [-0.15, -0.1) is 0 Å². The Morgan fingerprint density at radius 3 is 1.21 bits per heavy atom. The van der Waals surface area contributed by atoms with Gasteiger partial charge >= 0.3 is 219 Å². The first-order valence-electron chi connectivity index (χ1n) is 13.0. The van der Waals surface area contributed by atoms with Crippen LogP contribution in [0.3, 0.4) is 0 Å². The SMILES string of the molecule is CC[N](CC)[Ge]([C]#CC(C)(C)C)([C]#CC(C)(C)C)/[C](=C/C(C)(C)C)[Ga]([C](C)(C)C)[C](C)(C)C. The number of hydrogen-bond acceptors (Lipinski definition) is 1. The van der Waals surface area contributed by atoms with Crippen molar-refractivity contribution in [3.05, 3.63) is 9.04 Å². The van der Waals surface area contributed by atoms with Gasteiger partial charge in [0, 0.05) is 0 Å². The van der Waals surface area contributed by atoms with Gasteiger partial charge in [0.2, 0.25) is 0 Å². The summed E-state index contributed by atoms with van der Waals surface area (Å²) in [6.45, 7) is 42.1. The van der Waals surface area contributed by atoms with E-state index in [1.807, 2.05) is 0 Å². The van der Waals surface area contributed by atoms with Gasteiger partial charge in [0.1, 0.15) is 0 Å². The molecule has 0 N–H and O–H groups in total. The van der Waals surface area contributed by atoms with Crippen LogP contribution in [0.15, 0.2) is 9.04 Å². The molecule has 0 aromatic heterocycles. The van der Waals surface area contributed by atoms with Gasteiger partial charge in [-0.2, -0.15) is 0 Å². The molecule has 0 aliphatic carbocycles. The third-order valence-electron chi connectivity index (χ3n) is 5.52. The Morgan fingerprint density at radius 2 is 1.00 bits per heavy atom. The number of rotatable bonds is 5. The van der Waals surface area contributed by atoms with E-state index in [1.165, 1.54) is 0 Å². The van der Waals surface area contributed by atoms with Crippen LogP contribution in [-0.2, 0) is 0 Å². The molecule has 0 amide bonds. The van der Waals surface area contributed by atoms with E-state index in [4.69, 9.17) is 0 Å². The first-order chi connectivity index (χ1) is 14.4. The van der Waals surface area contributed by atoms with Crippen molar-refractivity contribution in [2.75, 3.05) is 13.1 Å². The fourth-order valence-corrected chi connectivity index (χ4v) is 41.9. The average Bonchev–Trinajstić information content (AvgIpc) is 2.51. The Labute approximate surface area is 217 Å². The van der Waals surface area contributed by atoms with Gasteiger partial charge in [-0.3, -0.25) is 0 Å². The van der Waals surface area contributed by atoms with Gasteiger partial charge in [-0.25, -0.2) is 0 Å². The summed E-state index contributed by atoms with van der Waals surface area (Å²) in [6.07, 6.45) is 2.67. The molecule has 0 unspecified atom stereocenters. The van der Waals surface area contributed by atoms with E-state index < -0.39 is 29.7 Å². The quantitative estimate of drug-likeness (QED) is 0.235. The van der Waals surface area contributed by atoms with Gasteiger partial charge in [-0.1, -0.05) is 0 Å². The average molecular weight is 573 g/mol. The molecule has 188 valence electrons. The molecule has 0 aromatic rings.